The van der Waals surface area contributed by atoms with E-state index in [1.807, 2.05) is 0 Å². The van der Waals surface area contributed by atoms with Gasteiger partial charge in [-0.15, -0.1) is 12.4 Å². The third-order valence-electron chi connectivity index (χ3n) is 4.07. The quantitative estimate of drug-likeness (QED) is 0.818. The van der Waals surface area contributed by atoms with E-state index in [2.05, 4.69) is 17.6 Å². The van der Waals surface area contributed by atoms with Gasteiger partial charge in [0, 0.05) is 12.6 Å². The fourth-order valence-electron chi connectivity index (χ4n) is 2.46. The van der Waals surface area contributed by atoms with Crippen molar-refractivity contribution in [2.24, 2.45) is 5.41 Å². The number of benzene rings is 1. The highest BCUT2D eigenvalue weighted by atomic mass is 35.5. The Balaban J connectivity index is 0.00000264. The van der Waals surface area contributed by atoms with E-state index >= 15 is 0 Å². The van der Waals surface area contributed by atoms with Crippen LogP contribution < -0.4 is 15.4 Å². The van der Waals surface area contributed by atoms with Crippen LogP contribution in [0.4, 0.5) is 0 Å². The van der Waals surface area contributed by atoms with Gasteiger partial charge >= 0.3 is 0 Å². The molecule has 0 spiro atoms. The second-order valence-electron chi connectivity index (χ2n) is 6.11. The highest BCUT2D eigenvalue weighted by molar-refractivity contribution is 6.42. The van der Waals surface area contributed by atoms with Crippen molar-refractivity contribution in [2.45, 2.75) is 32.8 Å². The number of carbonyl (C=O) groups excluding carboxylic acids is 1. The molecule has 1 amide bonds. The fourth-order valence-corrected chi connectivity index (χ4v) is 2.75. The molecule has 1 aliphatic rings. The highest BCUT2D eigenvalue weighted by Crippen LogP contribution is 2.28. The summed E-state index contributed by atoms with van der Waals surface area (Å²) in [5, 5.41) is 7.19. The summed E-state index contributed by atoms with van der Waals surface area (Å²) in [6, 6.07) is 4.97. The lowest BCUT2D eigenvalue weighted by atomic mass is 9.81. The Morgan fingerprint density at radius 2 is 2.00 bits per heavy atom. The summed E-state index contributed by atoms with van der Waals surface area (Å²) in [5.41, 5.74) is 0.157. The Kier molecular flexibility index (Phi) is 7.95. The van der Waals surface area contributed by atoms with Gasteiger partial charge in [-0.05, 0) is 50.4 Å². The molecule has 1 atom stereocenters. The second-order valence-corrected chi connectivity index (χ2v) is 6.93. The van der Waals surface area contributed by atoms with Crippen molar-refractivity contribution in [3.8, 4) is 5.75 Å². The van der Waals surface area contributed by atoms with E-state index in [1.165, 1.54) is 0 Å². The Hall–Kier alpha value is -0.680. The first-order valence-corrected chi connectivity index (χ1v) is 8.25. The zero-order valence-corrected chi connectivity index (χ0v) is 15.7. The van der Waals surface area contributed by atoms with Crippen molar-refractivity contribution in [2.75, 3.05) is 19.6 Å². The Bertz CT molecular complexity index is 534. The van der Waals surface area contributed by atoms with Crippen LogP contribution in [0.15, 0.2) is 18.2 Å². The van der Waals surface area contributed by atoms with E-state index in [0.717, 1.165) is 25.9 Å². The predicted octanol–water partition coefficient (Wildman–Crippen LogP) is 3.69. The average Bonchev–Trinajstić information content (AvgIpc) is 2.49. The molecule has 1 unspecified atom stereocenters. The van der Waals surface area contributed by atoms with Crippen LogP contribution in [-0.2, 0) is 4.79 Å². The van der Waals surface area contributed by atoms with Crippen LogP contribution >= 0.6 is 35.6 Å². The van der Waals surface area contributed by atoms with Crippen LogP contribution in [0.1, 0.15) is 26.7 Å². The Labute approximate surface area is 153 Å². The minimum Gasteiger partial charge on any atom is -0.481 e. The number of halogens is 3. The van der Waals surface area contributed by atoms with Gasteiger partial charge in [-0.1, -0.05) is 30.1 Å². The van der Waals surface area contributed by atoms with E-state index in [-0.39, 0.29) is 23.7 Å². The minimum absolute atomic E-state index is 0. The molecule has 0 bridgehead atoms. The van der Waals surface area contributed by atoms with E-state index in [1.54, 1.807) is 25.1 Å². The molecule has 1 aromatic carbocycles. The smallest absolute Gasteiger partial charge is 0.260 e. The molecule has 0 aliphatic carbocycles. The molecule has 130 valence electrons. The summed E-state index contributed by atoms with van der Waals surface area (Å²) in [6.45, 7) is 6.60. The van der Waals surface area contributed by atoms with Gasteiger partial charge in [0.25, 0.3) is 5.91 Å². The van der Waals surface area contributed by atoms with Gasteiger partial charge in [0.2, 0.25) is 0 Å². The zero-order chi connectivity index (χ0) is 16.2. The van der Waals surface area contributed by atoms with E-state index in [4.69, 9.17) is 27.9 Å². The lowest BCUT2D eigenvalue weighted by Gasteiger charge is -2.34. The first-order valence-electron chi connectivity index (χ1n) is 7.50. The van der Waals surface area contributed by atoms with Crippen LogP contribution in [0.5, 0.6) is 5.75 Å². The SMILES string of the molecule is CC(Oc1ccc(Cl)c(Cl)c1)C(=O)NCC1(C)CCNCC1.Cl. The molecule has 1 saturated heterocycles. The molecular weight excluding hydrogens is 359 g/mol. The number of hydrogen-bond acceptors (Lipinski definition) is 3. The minimum atomic E-state index is -0.581. The monoisotopic (exact) mass is 380 g/mol. The molecule has 1 fully saturated rings. The van der Waals surface area contributed by atoms with Crippen LogP contribution in [0.3, 0.4) is 0 Å². The van der Waals surface area contributed by atoms with Gasteiger partial charge in [0.1, 0.15) is 5.75 Å². The number of carbonyl (C=O) groups is 1. The number of amides is 1. The summed E-state index contributed by atoms with van der Waals surface area (Å²) >= 11 is 11.8. The maximum atomic E-state index is 12.2. The predicted molar refractivity (Wildman–Crippen MR) is 97.0 cm³/mol. The molecule has 4 nitrogen and oxygen atoms in total. The first-order chi connectivity index (χ1) is 10.4. The van der Waals surface area contributed by atoms with Crippen LogP contribution in [0.2, 0.25) is 10.0 Å². The van der Waals surface area contributed by atoms with Gasteiger partial charge in [0.15, 0.2) is 6.10 Å². The number of hydrogen-bond donors (Lipinski definition) is 2. The standard InChI is InChI=1S/C16H22Cl2N2O2.ClH/c1-11(22-12-3-4-13(17)14(18)9-12)15(21)20-10-16(2)5-7-19-8-6-16;/h3-4,9,11,19H,5-8,10H2,1-2H3,(H,20,21);1H. The zero-order valence-electron chi connectivity index (χ0n) is 13.3. The van der Waals surface area contributed by atoms with Gasteiger partial charge in [-0.25, -0.2) is 0 Å². The Morgan fingerprint density at radius 1 is 1.35 bits per heavy atom. The molecule has 0 saturated carbocycles. The van der Waals surface area contributed by atoms with E-state index < -0.39 is 6.10 Å². The normalized spacial score (nSPS) is 17.7. The van der Waals surface area contributed by atoms with Crippen molar-refractivity contribution in [3.05, 3.63) is 28.2 Å². The van der Waals surface area contributed by atoms with Crippen LogP contribution in [-0.4, -0.2) is 31.6 Å². The van der Waals surface area contributed by atoms with Crippen LogP contribution in [0, 0.1) is 5.41 Å². The van der Waals surface area contributed by atoms with Crippen molar-refractivity contribution < 1.29 is 9.53 Å². The van der Waals surface area contributed by atoms with Crippen molar-refractivity contribution >= 4 is 41.5 Å². The molecule has 23 heavy (non-hydrogen) atoms. The number of rotatable bonds is 5. The van der Waals surface area contributed by atoms with Crippen molar-refractivity contribution in [1.29, 1.82) is 0 Å². The van der Waals surface area contributed by atoms with Crippen molar-refractivity contribution in [3.63, 3.8) is 0 Å². The molecule has 1 heterocycles. The third kappa shape index (κ3) is 6.03. The molecule has 2 N–H and O–H groups in total. The van der Waals surface area contributed by atoms with Gasteiger partial charge < -0.3 is 15.4 Å². The average molecular weight is 382 g/mol. The fraction of sp³-hybridized carbons (Fsp3) is 0.562. The van der Waals surface area contributed by atoms with Crippen molar-refractivity contribution in [1.82, 2.24) is 10.6 Å². The highest BCUT2D eigenvalue weighted by Gasteiger charge is 2.28. The molecule has 1 aromatic rings. The summed E-state index contributed by atoms with van der Waals surface area (Å²) in [7, 11) is 0. The van der Waals surface area contributed by atoms with Crippen LogP contribution in [0.25, 0.3) is 0 Å². The maximum Gasteiger partial charge on any atom is 0.260 e. The topological polar surface area (TPSA) is 50.4 Å². The summed E-state index contributed by atoms with van der Waals surface area (Å²) in [6.07, 6.45) is 1.55. The van der Waals surface area contributed by atoms with Gasteiger partial charge in [0.05, 0.1) is 10.0 Å². The Morgan fingerprint density at radius 3 is 2.61 bits per heavy atom. The summed E-state index contributed by atoms with van der Waals surface area (Å²) < 4.78 is 5.62. The van der Waals surface area contributed by atoms with E-state index in [0.29, 0.717) is 22.3 Å². The largest absolute Gasteiger partial charge is 0.481 e. The maximum absolute atomic E-state index is 12.2. The lowest BCUT2D eigenvalue weighted by Crippen LogP contribution is -2.45. The first kappa shape index (κ1) is 20.4. The molecule has 7 heteroatoms. The third-order valence-corrected chi connectivity index (χ3v) is 4.81. The summed E-state index contributed by atoms with van der Waals surface area (Å²) in [4.78, 5) is 12.2. The molecule has 0 aromatic heterocycles. The number of nitrogens with one attached hydrogen (secondary N) is 2. The molecular formula is C16H23Cl3N2O2. The number of ether oxygens (including phenoxy) is 1. The molecule has 0 radical (unpaired) electrons. The molecule has 2 rings (SSSR count). The molecule has 1 aliphatic heterocycles. The summed E-state index contributed by atoms with van der Waals surface area (Å²) in [5.74, 6) is 0.413. The number of piperidine rings is 1. The lowest BCUT2D eigenvalue weighted by molar-refractivity contribution is -0.127. The van der Waals surface area contributed by atoms with Gasteiger partial charge in [-0.2, -0.15) is 0 Å². The second kappa shape index (κ2) is 8.97. The van der Waals surface area contributed by atoms with E-state index in [9.17, 15) is 4.79 Å². The van der Waals surface area contributed by atoms with Gasteiger partial charge in [-0.3, -0.25) is 4.79 Å².